The normalized spacial score (nSPS) is 20.5. The third-order valence-electron chi connectivity index (χ3n) is 4.12. The summed E-state index contributed by atoms with van der Waals surface area (Å²) in [6.07, 6.45) is 6.39. The van der Waals surface area contributed by atoms with Crippen LogP contribution < -0.4 is 5.32 Å². The highest BCUT2D eigenvalue weighted by Crippen LogP contribution is 2.31. The van der Waals surface area contributed by atoms with Gasteiger partial charge in [0.1, 0.15) is 5.54 Å². The van der Waals surface area contributed by atoms with Gasteiger partial charge in [-0.25, -0.2) is 0 Å². The Bertz CT molecular complexity index is 316. The third-order valence-corrected chi connectivity index (χ3v) is 5.52. The van der Waals surface area contributed by atoms with Crippen LogP contribution in [0.3, 0.4) is 0 Å². The van der Waals surface area contributed by atoms with Crippen molar-refractivity contribution in [2.24, 2.45) is 5.92 Å². The van der Waals surface area contributed by atoms with Crippen molar-refractivity contribution >= 4 is 17.7 Å². The van der Waals surface area contributed by atoms with Gasteiger partial charge in [0.2, 0.25) is 0 Å². The smallest absolute Gasteiger partial charge is 0.326 e. The molecule has 1 N–H and O–H groups in total. The van der Waals surface area contributed by atoms with E-state index < -0.39 is 5.54 Å². The van der Waals surface area contributed by atoms with Crippen molar-refractivity contribution in [2.75, 3.05) is 12.4 Å². The fraction of sp³-hybridized carbons (Fsp3) is 0.941. The number of carbonyl (C=O) groups is 1. The second kappa shape index (κ2) is 9.04. The Hall–Kier alpha value is -0.220. The maximum Gasteiger partial charge on any atom is 0.326 e. The molecule has 0 aromatic carbocycles. The Kier molecular flexibility index (Phi) is 8.10. The Labute approximate surface area is 135 Å². The monoisotopic (exact) mass is 315 g/mol. The summed E-state index contributed by atoms with van der Waals surface area (Å²) in [5.41, 5.74) is -0.577. The predicted molar refractivity (Wildman–Crippen MR) is 91.8 cm³/mol. The van der Waals surface area contributed by atoms with Crippen LogP contribution in [-0.4, -0.2) is 35.2 Å². The first-order valence-electron chi connectivity index (χ1n) is 8.44. The quantitative estimate of drug-likeness (QED) is 0.653. The van der Waals surface area contributed by atoms with Crippen molar-refractivity contribution in [1.82, 2.24) is 5.32 Å². The summed E-state index contributed by atoms with van der Waals surface area (Å²) in [5.74, 6) is 2.01. The van der Waals surface area contributed by atoms with E-state index >= 15 is 0 Å². The number of hydrogen-bond acceptors (Lipinski definition) is 4. The second-order valence-electron chi connectivity index (χ2n) is 6.85. The van der Waals surface area contributed by atoms with Gasteiger partial charge in [-0.3, -0.25) is 10.1 Å². The summed E-state index contributed by atoms with van der Waals surface area (Å²) in [7, 11) is 0. The van der Waals surface area contributed by atoms with E-state index in [4.69, 9.17) is 4.74 Å². The van der Waals surface area contributed by atoms with Gasteiger partial charge in [-0.05, 0) is 58.6 Å². The highest BCUT2D eigenvalue weighted by molar-refractivity contribution is 7.99. The zero-order valence-corrected chi connectivity index (χ0v) is 15.2. The van der Waals surface area contributed by atoms with E-state index in [0.29, 0.717) is 11.9 Å². The van der Waals surface area contributed by atoms with Gasteiger partial charge in [-0.1, -0.05) is 19.8 Å². The molecular formula is C17H33NO2S. The van der Waals surface area contributed by atoms with E-state index in [2.05, 4.69) is 26.1 Å². The Morgan fingerprint density at radius 3 is 2.48 bits per heavy atom. The summed E-state index contributed by atoms with van der Waals surface area (Å²) < 4.78 is 5.28. The lowest BCUT2D eigenvalue weighted by molar-refractivity contribution is -0.151. The van der Waals surface area contributed by atoms with Crippen LogP contribution in [0.5, 0.6) is 0 Å². The van der Waals surface area contributed by atoms with Crippen LogP contribution in [0.1, 0.15) is 66.7 Å². The van der Waals surface area contributed by atoms with Gasteiger partial charge in [-0.2, -0.15) is 11.8 Å². The topological polar surface area (TPSA) is 38.3 Å². The average molecular weight is 316 g/mol. The fourth-order valence-electron chi connectivity index (χ4n) is 3.24. The van der Waals surface area contributed by atoms with E-state index in [1.54, 1.807) is 0 Å². The van der Waals surface area contributed by atoms with Gasteiger partial charge in [-0.15, -0.1) is 0 Å². The maximum absolute atomic E-state index is 12.3. The predicted octanol–water partition coefficient (Wildman–Crippen LogP) is 4.01. The lowest BCUT2D eigenvalue weighted by Crippen LogP contribution is -2.54. The summed E-state index contributed by atoms with van der Waals surface area (Å²) >= 11 is 2.02. The number of thioether (sulfide) groups is 1. The molecule has 0 heterocycles. The number of carbonyl (C=O) groups excluding carboxylic acids is 1. The number of hydrogen-bond donors (Lipinski definition) is 1. The standard InChI is InChI=1S/C17H33NO2S/c1-6-20-16(19)17(5,18-13(2)3)11-14(4)21-12-15-9-7-8-10-15/h13-15,18H,6-12H2,1-5H3. The zero-order valence-electron chi connectivity index (χ0n) is 14.4. The minimum absolute atomic E-state index is 0.119. The van der Waals surface area contributed by atoms with Gasteiger partial charge >= 0.3 is 5.97 Å². The molecule has 0 aromatic rings. The SMILES string of the molecule is CCOC(=O)C(C)(CC(C)SCC1CCCC1)NC(C)C. The van der Waals surface area contributed by atoms with Crippen LogP contribution >= 0.6 is 11.8 Å². The van der Waals surface area contributed by atoms with Gasteiger partial charge in [0, 0.05) is 11.3 Å². The van der Waals surface area contributed by atoms with Crippen LogP contribution in [0.25, 0.3) is 0 Å². The molecule has 0 amide bonds. The Morgan fingerprint density at radius 1 is 1.33 bits per heavy atom. The number of nitrogens with one attached hydrogen (secondary N) is 1. The van der Waals surface area contributed by atoms with Crippen molar-refractivity contribution in [3.05, 3.63) is 0 Å². The molecule has 4 heteroatoms. The zero-order chi connectivity index (χ0) is 15.9. The van der Waals surface area contributed by atoms with Crippen LogP contribution in [0.4, 0.5) is 0 Å². The molecule has 21 heavy (non-hydrogen) atoms. The fourth-order valence-corrected chi connectivity index (χ4v) is 4.63. The number of rotatable bonds is 9. The van der Waals surface area contributed by atoms with Crippen LogP contribution in [0.15, 0.2) is 0 Å². The largest absolute Gasteiger partial charge is 0.465 e. The number of esters is 1. The molecule has 0 bridgehead atoms. The first-order valence-corrected chi connectivity index (χ1v) is 9.48. The molecule has 0 saturated heterocycles. The summed E-state index contributed by atoms with van der Waals surface area (Å²) in [4.78, 5) is 12.3. The first-order chi connectivity index (χ1) is 9.87. The van der Waals surface area contributed by atoms with Crippen LogP contribution in [0, 0.1) is 5.92 Å². The van der Waals surface area contributed by atoms with Crippen molar-refractivity contribution < 1.29 is 9.53 Å². The van der Waals surface area contributed by atoms with Crippen molar-refractivity contribution in [1.29, 1.82) is 0 Å². The lowest BCUT2D eigenvalue weighted by Gasteiger charge is -2.33. The molecule has 2 unspecified atom stereocenters. The molecule has 0 spiro atoms. The van der Waals surface area contributed by atoms with Gasteiger partial charge in [0.05, 0.1) is 6.61 Å². The van der Waals surface area contributed by atoms with Crippen molar-refractivity contribution in [3.8, 4) is 0 Å². The molecule has 2 atom stereocenters. The summed E-state index contributed by atoms with van der Waals surface area (Å²) in [6.45, 7) is 10.7. The summed E-state index contributed by atoms with van der Waals surface area (Å²) in [6, 6.07) is 0.270. The average Bonchev–Trinajstić information content (AvgIpc) is 2.88. The van der Waals surface area contributed by atoms with E-state index in [1.165, 1.54) is 31.4 Å². The first kappa shape index (κ1) is 18.8. The second-order valence-corrected chi connectivity index (χ2v) is 8.32. The molecular weight excluding hydrogens is 282 g/mol. The molecule has 1 fully saturated rings. The highest BCUT2D eigenvalue weighted by atomic mass is 32.2. The highest BCUT2D eigenvalue weighted by Gasteiger charge is 2.36. The van der Waals surface area contributed by atoms with E-state index in [9.17, 15) is 4.79 Å². The molecule has 0 aromatic heterocycles. The lowest BCUT2D eigenvalue weighted by atomic mass is 9.95. The van der Waals surface area contributed by atoms with Gasteiger partial charge in [0.25, 0.3) is 0 Å². The van der Waals surface area contributed by atoms with E-state index in [1.807, 2.05) is 25.6 Å². The Balaban J connectivity index is 2.51. The minimum Gasteiger partial charge on any atom is -0.465 e. The molecule has 124 valence electrons. The Morgan fingerprint density at radius 2 is 1.95 bits per heavy atom. The molecule has 1 aliphatic carbocycles. The number of ether oxygens (including phenoxy) is 1. The molecule has 3 nitrogen and oxygen atoms in total. The van der Waals surface area contributed by atoms with Crippen LogP contribution in [0.2, 0.25) is 0 Å². The molecule has 1 saturated carbocycles. The van der Waals surface area contributed by atoms with E-state index in [-0.39, 0.29) is 12.0 Å². The maximum atomic E-state index is 12.3. The third kappa shape index (κ3) is 6.60. The van der Waals surface area contributed by atoms with Gasteiger partial charge < -0.3 is 4.74 Å². The minimum atomic E-state index is -0.577. The van der Waals surface area contributed by atoms with Crippen LogP contribution in [-0.2, 0) is 9.53 Å². The van der Waals surface area contributed by atoms with Gasteiger partial charge in [0.15, 0.2) is 0 Å². The van der Waals surface area contributed by atoms with E-state index in [0.717, 1.165) is 12.3 Å². The molecule has 1 aliphatic rings. The molecule has 0 aliphatic heterocycles. The molecule has 1 rings (SSSR count). The summed E-state index contributed by atoms with van der Waals surface area (Å²) in [5, 5.41) is 3.88. The van der Waals surface area contributed by atoms with Crippen molar-refractivity contribution in [2.45, 2.75) is 83.6 Å². The molecule has 0 radical (unpaired) electrons. The van der Waals surface area contributed by atoms with Crippen molar-refractivity contribution in [3.63, 3.8) is 0 Å².